The van der Waals surface area contributed by atoms with E-state index in [9.17, 15) is 14.4 Å². The average molecular weight is 419 g/mol. The summed E-state index contributed by atoms with van der Waals surface area (Å²) in [7, 11) is 0. The van der Waals surface area contributed by atoms with Gasteiger partial charge in [0, 0.05) is 23.8 Å². The summed E-state index contributed by atoms with van der Waals surface area (Å²) in [5.41, 5.74) is 4.24. The lowest BCUT2D eigenvalue weighted by atomic mass is 9.86. The van der Waals surface area contributed by atoms with Gasteiger partial charge in [-0.3, -0.25) is 14.4 Å². The molecule has 7 heteroatoms. The number of Topliss-reactive ketones (excluding diaryl/α,β-unsaturated/α-hetero) is 2. The van der Waals surface area contributed by atoms with Gasteiger partial charge in [-0.1, -0.05) is 29.3 Å². The first-order valence-corrected chi connectivity index (χ1v) is 10.4. The summed E-state index contributed by atoms with van der Waals surface area (Å²) in [5.74, 6) is -1.42. The van der Waals surface area contributed by atoms with Crippen molar-refractivity contribution in [2.45, 2.75) is 46.5 Å². The topological polar surface area (TPSA) is 76.1 Å². The Bertz CT molecular complexity index is 944. The van der Waals surface area contributed by atoms with Gasteiger partial charge in [-0.05, 0) is 50.8 Å². The highest BCUT2D eigenvalue weighted by molar-refractivity contribution is 7.15. The minimum Gasteiger partial charge on any atom is -0.351 e. The SMILES string of the molecule is Cc1cc(C)c(C2C(=O)CC(CCNC(=O)c3nc(Cl)sc3C)C2=O)c(C)c1. The standard InChI is InChI=1S/C21H23ClN2O3S/c1-10-7-11(2)16(12(3)8-10)17-15(25)9-14(19(17)26)5-6-23-20(27)18-13(4)28-21(22)24-18/h7-8,14,17H,5-6,9H2,1-4H3,(H,23,27). The van der Waals surface area contributed by atoms with Crippen molar-refractivity contribution in [3.8, 4) is 0 Å². The predicted molar refractivity (Wildman–Crippen MR) is 110 cm³/mol. The lowest BCUT2D eigenvalue weighted by Crippen LogP contribution is -2.28. The Morgan fingerprint density at radius 1 is 1.21 bits per heavy atom. The van der Waals surface area contributed by atoms with E-state index in [0.717, 1.165) is 27.1 Å². The van der Waals surface area contributed by atoms with Crippen LogP contribution in [0.15, 0.2) is 12.1 Å². The highest BCUT2D eigenvalue weighted by atomic mass is 35.5. The van der Waals surface area contributed by atoms with Crippen LogP contribution in [0.5, 0.6) is 0 Å². The number of nitrogens with zero attached hydrogens (tertiary/aromatic N) is 1. The quantitative estimate of drug-likeness (QED) is 0.742. The summed E-state index contributed by atoms with van der Waals surface area (Å²) >= 11 is 7.09. The van der Waals surface area contributed by atoms with Gasteiger partial charge in [0.25, 0.3) is 5.91 Å². The number of carbonyl (C=O) groups excluding carboxylic acids is 3. The molecule has 1 saturated carbocycles. The number of carbonyl (C=O) groups is 3. The highest BCUT2D eigenvalue weighted by Crippen LogP contribution is 2.37. The highest BCUT2D eigenvalue weighted by Gasteiger charge is 2.42. The van der Waals surface area contributed by atoms with Crippen molar-refractivity contribution in [2.75, 3.05) is 6.54 Å². The van der Waals surface area contributed by atoms with Gasteiger partial charge >= 0.3 is 0 Å². The van der Waals surface area contributed by atoms with Gasteiger partial charge in [-0.25, -0.2) is 4.98 Å². The number of amides is 1. The van der Waals surface area contributed by atoms with E-state index in [2.05, 4.69) is 10.3 Å². The number of nitrogens with one attached hydrogen (secondary N) is 1. The minimum absolute atomic E-state index is 0.0292. The van der Waals surface area contributed by atoms with Crippen molar-refractivity contribution in [1.29, 1.82) is 0 Å². The number of thiazole rings is 1. The van der Waals surface area contributed by atoms with E-state index in [-0.39, 0.29) is 29.8 Å². The van der Waals surface area contributed by atoms with Crippen molar-refractivity contribution in [3.63, 3.8) is 0 Å². The molecule has 0 spiro atoms. The summed E-state index contributed by atoms with van der Waals surface area (Å²) in [6.07, 6.45) is 0.668. The maximum absolute atomic E-state index is 12.9. The molecular weight excluding hydrogens is 396 g/mol. The predicted octanol–water partition coefficient (Wildman–Crippen LogP) is 4.09. The molecule has 2 unspecified atom stereocenters. The number of aromatic nitrogens is 1. The Hall–Kier alpha value is -2.05. The van der Waals surface area contributed by atoms with Crippen LogP contribution in [-0.2, 0) is 9.59 Å². The zero-order chi connectivity index (χ0) is 20.6. The number of ketones is 2. The second kappa shape index (κ2) is 8.13. The molecule has 2 aromatic rings. The summed E-state index contributed by atoms with van der Waals surface area (Å²) < 4.78 is 0.325. The van der Waals surface area contributed by atoms with Gasteiger partial charge in [0.2, 0.25) is 0 Å². The number of benzene rings is 1. The molecule has 1 heterocycles. The zero-order valence-corrected chi connectivity index (χ0v) is 18.0. The fourth-order valence-electron chi connectivity index (χ4n) is 4.07. The van der Waals surface area contributed by atoms with E-state index >= 15 is 0 Å². The maximum Gasteiger partial charge on any atom is 0.271 e. The molecule has 1 aliphatic carbocycles. The van der Waals surface area contributed by atoms with E-state index in [4.69, 9.17) is 11.6 Å². The first-order chi connectivity index (χ1) is 13.2. The second-order valence-electron chi connectivity index (χ2n) is 7.43. The molecule has 1 aliphatic rings. The van der Waals surface area contributed by atoms with Gasteiger partial charge in [-0.2, -0.15) is 0 Å². The minimum atomic E-state index is -0.680. The summed E-state index contributed by atoms with van der Waals surface area (Å²) in [6, 6.07) is 4.02. The molecular formula is C21H23ClN2O3S. The van der Waals surface area contributed by atoms with E-state index in [1.165, 1.54) is 11.3 Å². The number of aryl methyl sites for hydroxylation is 4. The molecule has 1 aromatic carbocycles. The van der Waals surface area contributed by atoms with Gasteiger partial charge in [0.15, 0.2) is 10.3 Å². The third kappa shape index (κ3) is 4.03. The first-order valence-electron chi connectivity index (χ1n) is 9.24. The van der Waals surface area contributed by atoms with Crippen molar-refractivity contribution in [3.05, 3.63) is 49.4 Å². The molecule has 1 fully saturated rings. The zero-order valence-electron chi connectivity index (χ0n) is 16.4. The lowest BCUT2D eigenvalue weighted by molar-refractivity contribution is -0.124. The van der Waals surface area contributed by atoms with Crippen LogP contribution in [-0.4, -0.2) is 29.0 Å². The molecule has 0 radical (unpaired) electrons. The van der Waals surface area contributed by atoms with Gasteiger partial charge in [-0.15, -0.1) is 11.3 Å². The average Bonchev–Trinajstić information content (AvgIpc) is 3.07. The third-order valence-corrected chi connectivity index (χ3v) is 6.32. The van der Waals surface area contributed by atoms with Crippen molar-refractivity contribution < 1.29 is 14.4 Å². The molecule has 1 aromatic heterocycles. The van der Waals surface area contributed by atoms with Crippen LogP contribution < -0.4 is 5.32 Å². The van der Waals surface area contributed by atoms with Gasteiger partial charge in [0.1, 0.15) is 17.4 Å². The van der Waals surface area contributed by atoms with Crippen molar-refractivity contribution in [2.24, 2.45) is 5.92 Å². The van der Waals surface area contributed by atoms with Crippen molar-refractivity contribution >= 4 is 40.4 Å². The first kappa shape index (κ1) is 20.7. The molecule has 148 valence electrons. The molecule has 0 bridgehead atoms. The van der Waals surface area contributed by atoms with Crippen LogP contribution in [0.1, 0.15) is 56.4 Å². The Balaban J connectivity index is 1.66. The van der Waals surface area contributed by atoms with Crippen LogP contribution >= 0.6 is 22.9 Å². The van der Waals surface area contributed by atoms with Crippen LogP contribution in [0, 0.1) is 33.6 Å². The van der Waals surface area contributed by atoms with E-state index < -0.39 is 5.92 Å². The molecule has 0 aliphatic heterocycles. The Kier molecular flexibility index (Phi) is 6.01. The summed E-state index contributed by atoms with van der Waals surface area (Å²) in [4.78, 5) is 42.6. The van der Waals surface area contributed by atoms with Crippen LogP contribution in [0.25, 0.3) is 0 Å². The summed E-state index contributed by atoms with van der Waals surface area (Å²) in [5, 5.41) is 2.78. The Morgan fingerprint density at radius 3 is 2.43 bits per heavy atom. The van der Waals surface area contributed by atoms with Crippen LogP contribution in [0.2, 0.25) is 4.47 Å². The van der Waals surface area contributed by atoms with E-state index in [0.29, 0.717) is 23.1 Å². The van der Waals surface area contributed by atoms with Crippen molar-refractivity contribution in [1.82, 2.24) is 10.3 Å². The normalized spacial score (nSPS) is 19.3. The Labute approximate surface area is 173 Å². The molecule has 0 saturated heterocycles. The largest absolute Gasteiger partial charge is 0.351 e. The maximum atomic E-state index is 12.9. The third-order valence-electron chi connectivity index (χ3n) is 5.25. The van der Waals surface area contributed by atoms with Gasteiger partial charge < -0.3 is 5.32 Å². The van der Waals surface area contributed by atoms with Crippen LogP contribution in [0.3, 0.4) is 0 Å². The number of rotatable bonds is 5. The van der Waals surface area contributed by atoms with E-state index in [1.807, 2.05) is 32.9 Å². The van der Waals surface area contributed by atoms with Gasteiger partial charge in [0.05, 0.1) is 0 Å². The fraction of sp³-hybridized carbons (Fsp3) is 0.429. The molecule has 28 heavy (non-hydrogen) atoms. The number of hydrogen-bond donors (Lipinski definition) is 1. The number of hydrogen-bond acceptors (Lipinski definition) is 5. The van der Waals surface area contributed by atoms with E-state index in [1.54, 1.807) is 6.92 Å². The monoisotopic (exact) mass is 418 g/mol. The molecule has 1 N–H and O–H groups in total. The molecule has 2 atom stereocenters. The number of halogens is 1. The van der Waals surface area contributed by atoms with Crippen LogP contribution in [0.4, 0.5) is 0 Å². The molecule has 5 nitrogen and oxygen atoms in total. The fourth-order valence-corrected chi connectivity index (χ4v) is 5.12. The smallest absolute Gasteiger partial charge is 0.271 e. The second-order valence-corrected chi connectivity index (χ2v) is 9.22. The lowest BCUT2D eigenvalue weighted by Gasteiger charge is -2.16. The Morgan fingerprint density at radius 2 is 1.86 bits per heavy atom. The molecule has 3 rings (SSSR count). The molecule has 1 amide bonds. The summed E-state index contributed by atoms with van der Waals surface area (Å²) in [6.45, 7) is 8.00.